The molecule has 1 aromatic rings. The van der Waals surface area contributed by atoms with E-state index in [9.17, 15) is 9.59 Å². The quantitative estimate of drug-likeness (QED) is 0.801. The van der Waals surface area contributed by atoms with Gasteiger partial charge in [0.15, 0.2) is 0 Å². The number of carbonyl (C=O) groups is 2. The smallest absolute Gasteiger partial charge is 0.230 e. The van der Waals surface area contributed by atoms with E-state index in [1.807, 2.05) is 12.1 Å². The molecule has 29 heavy (non-hydrogen) atoms. The lowest BCUT2D eigenvalue weighted by molar-refractivity contribution is -0.148. The SMILES string of the molecule is COc1ccc(C2(C(=O)NC3[C@@H]4CC5C[C@H]3CC(C(N)=O)(C5)C4)CCCC2)cc1. The minimum absolute atomic E-state index is 0.118. The van der Waals surface area contributed by atoms with E-state index in [1.54, 1.807) is 7.11 Å². The van der Waals surface area contributed by atoms with Gasteiger partial charge < -0.3 is 15.8 Å². The average Bonchev–Trinajstić information content (AvgIpc) is 3.21. The number of amides is 2. The van der Waals surface area contributed by atoms with Gasteiger partial charge >= 0.3 is 0 Å². The molecule has 0 spiro atoms. The molecule has 3 unspecified atom stereocenters. The molecule has 5 aliphatic rings. The Hall–Kier alpha value is -2.04. The molecule has 3 N–H and O–H groups in total. The largest absolute Gasteiger partial charge is 0.497 e. The van der Waals surface area contributed by atoms with Gasteiger partial charge in [-0.2, -0.15) is 0 Å². The fraction of sp³-hybridized carbons (Fsp3) is 0.667. The Morgan fingerprint density at radius 3 is 2.21 bits per heavy atom. The van der Waals surface area contributed by atoms with Gasteiger partial charge in [-0.3, -0.25) is 9.59 Å². The van der Waals surface area contributed by atoms with Crippen LogP contribution >= 0.6 is 0 Å². The van der Waals surface area contributed by atoms with E-state index < -0.39 is 5.41 Å². The highest BCUT2D eigenvalue weighted by atomic mass is 16.5. The molecule has 2 amide bonds. The second-order valence-electron chi connectivity index (χ2n) is 10.1. The first-order valence-electron chi connectivity index (χ1n) is 11.2. The number of hydrogen-bond donors (Lipinski definition) is 2. The molecule has 5 saturated carbocycles. The molecule has 5 heteroatoms. The lowest BCUT2D eigenvalue weighted by atomic mass is 9.47. The first-order chi connectivity index (χ1) is 14.0. The molecule has 5 fully saturated rings. The number of primary amides is 1. The summed E-state index contributed by atoms with van der Waals surface area (Å²) in [5.41, 5.74) is 6.19. The predicted molar refractivity (Wildman–Crippen MR) is 110 cm³/mol. The second-order valence-corrected chi connectivity index (χ2v) is 10.1. The van der Waals surface area contributed by atoms with E-state index in [-0.39, 0.29) is 23.3 Å². The third-order valence-electron chi connectivity index (χ3n) is 8.63. The van der Waals surface area contributed by atoms with Crippen molar-refractivity contribution in [3.8, 4) is 5.75 Å². The van der Waals surface area contributed by atoms with Gasteiger partial charge in [-0.1, -0.05) is 25.0 Å². The van der Waals surface area contributed by atoms with Crippen LogP contribution in [0, 0.1) is 23.2 Å². The van der Waals surface area contributed by atoms with E-state index >= 15 is 0 Å². The summed E-state index contributed by atoms with van der Waals surface area (Å²) in [7, 11) is 1.66. The standard InChI is InChI=1S/C24H32N2O3/c1-29-19-6-4-18(5-7-19)24(8-2-3-9-24)22(28)26-20-16-10-15-11-17(20)14-23(12-15,13-16)21(25)27/h4-7,15-17,20H,2-3,8-14H2,1H3,(H2,25,27)(H,26,28)/t15?,16-,17+,20?,23?. The van der Waals surface area contributed by atoms with Crippen LogP contribution in [0.3, 0.4) is 0 Å². The van der Waals surface area contributed by atoms with Gasteiger partial charge in [-0.25, -0.2) is 0 Å². The van der Waals surface area contributed by atoms with Crippen molar-refractivity contribution >= 4 is 11.8 Å². The zero-order valence-electron chi connectivity index (χ0n) is 17.3. The first kappa shape index (κ1) is 19.0. The highest BCUT2D eigenvalue weighted by Crippen LogP contribution is 2.60. The van der Waals surface area contributed by atoms with Crippen molar-refractivity contribution in [2.24, 2.45) is 28.9 Å². The Morgan fingerprint density at radius 2 is 1.66 bits per heavy atom. The second kappa shape index (κ2) is 6.75. The molecule has 5 aliphatic carbocycles. The Labute approximate surface area is 172 Å². The van der Waals surface area contributed by atoms with Crippen molar-refractivity contribution in [2.45, 2.75) is 69.2 Å². The third-order valence-corrected chi connectivity index (χ3v) is 8.63. The zero-order chi connectivity index (χ0) is 20.2. The molecule has 1 aromatic carbocycles. The molecule has 6 rings (SSSR count). The molecular formula is C24H32N2O3. The van der Waals surface area contributed by atoms with Crippen LogP contribution in [-0.4, -0.2) is 25.0 Å². The Morgan fingerprint density at radius 1 is 1.03 bits per heavy atom. The molecule has 0 aromatic heterocycles. The van der Waals surface area contributed by atoms with Crippen LogP contribution in [-0.2, 0) is 15.0 Å². The number of ether oxygens (including phenoxy) is 1. The van der Waals surface area contributed by atoms with Gasteiger partial charge in [-0.15, -0.1) is 0 Å². The highest BCUT2D eigenvalue weighted by Gasteiger charge is 2.58. The molecule has 156 valence electrons. The topological polar surface area (TPSA) is 81.4 Å². The summed E-state index contributed by atoms with van der Waals surface area (Å²) in [5.74, 6) is 2.28. The van der Waals surface area contributed by atoms with Crippen molar-refractivity contribution in [1.29, 1.82) is 0 Å². The number of nitrogens with one attached hydrogen (secondary N) is 1. The summed E-state index contributed by atoms with van der Waals surface area (Å²) in [6.07, 6.45) is 8.92. The summed E-state index contributed by atoms with van der Waals surface area (Å²) in [6.45, 7) is 0. The van der Waals surface area contributed by atoms with Crippen molar-refractivity contribution in [1.82, 2.24) is 5.32 Å². The van der Waals surface area contributed by atoms with Crippen LogP contribution in [0.15, 0.2) is 24.3 Å². The predicted octanol–water partition coefficient (Wildman–Crippen LogP) is 3.30. The maximum Gasteiger partial charge on any atom is 0.230 e. The van der Waals surface area contributed by atoms with E-state index in [0.717, 1.165) is 69.1 Å². The van der Waals surface area contributed by atoms with Crippen molar-refractivity contribution in [3.63, 3.8) is 0 Å². The number of carbonyl (C=O) groups excluding carboxylic acids is 2. The zero-order valence-corrected chi connectivity index (χ0v) is 17.3. The molecule has 4 bridgehead atoms. The molecule has 0 saturated heterocycles. The molecule has 5 nitrogen and oxygen atoms in total. The van der Waals surface area contributed by atoms with Crippen molar-refractivity contribution in [2.75, 3.05) is 7.11 Å². The van der Waals surface area contributed by atoms with Crippen LogP contribution in [0.25, 0.3) is 0 Å². The van der Waals surface area contributed by atoms with Crippen LogP contribution in [0.5, 0.6) is 5.75 Å². The van der Waals surface area contributed by atoms with Crippen molar-refractivity contribution < 1.29 is 14.3 Å². The maximum atomic E-state index is 13.7. The summed E-state index contributed by atoms with van der Waals surface area (Å²) in [4.78, 5) is 25.9. The third kappa shape index (κ3) is 2.88. The summed E-state index contributed by atoms with van der Waals surface area (Å²) in [5, 5.41) is 3.51. The van der Waals surface area contributed by atoms with Crippen molar-refractivity contribution in [3.05, 3.63) is 29.8 Å². The van der Waals surface area contributed by atoms with E-state index in [4.69, 9.17) is 10.5 Å². The van der Waals surface area contributed by atoms with Crippen LogP contribution in [0.2, 0.25) is 0 Å². The van der Waals surface area contributed by atoms with E-state index in [0.29, 0.717) is 17.8 Å². The number of benzene rings is 1. The summed E-state index contributed by atoms with van der Waals surface area (Å²) < 4.78 is 5.30. The van der Waals surface area contributed by atoms with Crippen LogP contribution in [0.4, 0.5) is 0 Å². The highest BCUT2D eigenvalue weighted by molar-refractivity contribution is 5.89. The normalized spacial score (nSPS) is 36.7. The molecule has 0 heterocycles. The van der Waals surface area contributed by atoms with Gasteiger partial charge in [0, 0.05) is 11.5 Å². The van der Waals surface area contributed by atoms with Crippen LogP contribution < -0.4 is 15.8 Å². The maximum absolute atomic E-state index is 13.7. The Bertz CT molecular complexity index is 796. The number of hydrogen-bond acceptors (Lipinski definition) is 3. The minimum Gasteiger partial charge on any atom is -0.497 e. The van der Waals surface area contributed by atoms with Gasteiger partial charge in [-0.05, 0) is 80.4 Å². The Balaban J connectivity index is 1.38. The lowest BCUT2D eigenvalue weighted by Crippen LogP contribution is -2.63. The minimum atomic E-state index is -0.428. The first-order valence-corrected chi connectivity index (χ1v) is 11.2. The van der Waals surface area contributed by atoms with Crippen LogP contribution in [0.1, 0.15) is 63.4 Å². The number of methoxy groups -OCH3 is 1. The monoisotopic (exact) mass is 396 g/mol. The molecule has 5 atom stereocenters. The summed E-state index contributed by atoms with van der Waals surface area (Å²) in [6, 6.07) is 8.23. The van der Waals surface area contributed by atoms with E-state index in [1.165, 1.54) is 0 Å². The Kier molecular flexibility index (Phi) is 4.41. The molecular weight excluding hydrogens is 364 g/mol. The average molecular weight is 397 g/mol. The fourth-order valence-corrected chi connectivity index (χ4v) is 7.39. The van der Waals surface area contributed by atoms with E-state index in [2.05, 4.69) is 17.4 Å². The van der Waals surface area contributed by atoms with Gasteiger partial charge in [0.25, 0.3) is 0 Å². The molecule has 0 radical (unpaired) electrons. The number of nitrogens with two attached hydrogens (primary N) is 1. The summed E-state index contributed by atoms with van der Waals surface area (Å²) >= 11 is 0. The van der Waals surface area contributed by atoms with Gasteiger partial charge in [0.1, 0.15) is 5.75 Å². The fourth-order valence-electron chi connectivity index (χ4n) is 7.39. The van der Waals surface area contributed by atoms with Gasteiger partial charge in [0.05, 0.1) is 12.5 Å². The molecule has 0 aliphatic heterocycles. The van der Waals surface area contributed by atoms with Gasteiger partial charge in [0.2, 0.25) is 11.8 Å². The lowest BCUT2D eigenvalue weighted by Gasteiger charge is -2.59. The number of rotatable bonds is 5.